The number of rotatable bonds is 4. The van der Waals surface area contributed by atoms with Crippen LogP contribution in [0.15, 0.2) is 30.3 Å². The number of anilines is 2. The minimum absolute atomic E-state index is 0.0183. The first-order valence-corrected chi connectivity index (χ1v) is 7.86. The molecule has 1 aliphatic heterocycles. The van der Waals surface area contributed by atoms with Crippen LogP contribution in [0, 0.1) is 5.82 Å². The molecule has 5 nitrogen and oxygen atoms in total. The highest BCUT2D eigenvalue weighted by Gasteiger charge is 2.16. The molecule has 0 aliphatic carbocycles. The van der Waals surface area contributed by atoms with E-state index in [-0.39, 0.29) is 17.5 Å². The fraction of sp³-hybridized carbons (Fsp3) is 0.188. The lowest BCUT2D eigenvalue weighted by atomic mass is 10.2. The van der Waals surface area contributed by atoms with Crippen LogP contribution < -0.4 is 20.1 Å². The molecule has 0 saturated heterocycles. The SMILES string of the molecule is O=C(CNc1ccc(F)c(Cl)c1)Nc1cc2c(cc1Cl)OCCO2. The number of hydrogen-bond donors (Lipinski definition) is 2. The Morgan fingerprint density at radius 2 is 1.79 bits per heavy atom. The summed E-state index contributed by atoms with van der Waals surface area (Å²) in [4.78, 5) is 12.0. The van der Waals surface area contributed by atoms with E-state index in [0.29, 0.717) is 41.1 Å². The number of carbonyl (C=O) groups excluding carboxylic acids is 1. The third-order valence-electron chi connectivity index (χ3n) is 3.28. The van der Waals surface area contributed by atoms with Crippen LogP contribution >= 0.6 is 23.2 Å². The highest BCUT2D eigenvalue weighted by molar-refractivity contribution is 6.34. The van der Waals surface area contributed by atoms with Crippen LogP contribution in [-0.2, 0) is 4.79 Å². The summed E-state index contributed by atoms with van der Waals surface area (Å²) < 4.78 is 24.0. The number of ether oxygens (including phenoxy) is 2. The number of carbonyl (C=O) groups is 1. The smallest absolute Gasteiger partial charge is 0.243 e. The van der Waals surface area contributed by atoms with Crippen molar-refractivity contribution in [3.63, 3.8) is 0 Å². The lowest BCUT2D eigenvalue weighted by Gasteiger charge is -2.20. The maximum absolute atomic E-state index is 13.1. The van der Waals surface area contributed by atoms with Crippen molar-refractivity contribution in [3.05, 3.63) is 46.2 Å². The third-order valence-corrected chi connectivity index (χ3v) is 3.88. The van der Waals surface area contributed by atoms with Crippen molar-refractivity contribution in [2.24, 2.45) is 0 Å². The molecule has 24 heavy (non-hydrogen) atoms. The quantitative estimate of drug-likeness (QED) is 0.855. The van der Waals surface area contributed by atoms with Gasteiger partial charge in [-0.1, -0.05) is 23.2 Å². The third kappa shape index (κ3) is 3.83. The summed E-state index contributed by atoms with van der Waals surface area (Å²) in [6.07, 6.45) is 0. The highest BCUT2D eigenvalue weighted by Crippen LogP contribution is 2.37. The lowest BCUT2D eigenvalue weighted by Crippen LogP contribution is -2.22. The molecule has 0 atom stereocenters. The Hall–Kier alpha value is -2.18. The van der Waals surface area contributed by atoms with Crippen LogP contribution in [0.4, 0.5) is 15.8 Å². The molecule has 1 heterocycles. The first-order valence-electron chi connectivity index (χ1n) is 7.11. The Labute approximate surface area is 147 Å². The predicted molar refractivity (Wildman–Crippen MR) is 91.0 cm³/mol. The molecule has 0 aromatic heterocycles. The first kappa shape index (κ1) is 16.7. The summed E-state index contributed by atoms with van der Waals surface area (Å²) >= 11 is 11.8. The summed E-state index contributed by atoms with van der Waals surface area (Å²) in [5.74, 6) is 0.228. The first-order chi connectivity index (χ1) is 11.5. The summed E-state index contributed by atoms with van der Waals surface area (Å²) in [5.41, 5.74) is 0.953. The molecule has 0 unspecified atom stereocenters. The van der Waals surface area contributed by atoms with Crippen LogP contribution in [0.3, 0.4) is 0 Å². The Balaban J connectivity index is 1.63. The van der Waals surface area contributed by atoms with E-state index in [9.17, 15) is 9.18 Å². The van der Waals surface area contributed by atoms with Crippen molar-refractivity contribution in [3.8, 4) is 11.5 Å². The van der Waals surface area contributed by atoms with Gasteiger partial charge in [0.05, 0.1) is 22.3 Å². The second kappa shape index (κ2) is 7.15. The van der Waals surface area contributed by atoms with Gasteiger partial charge in [-0.3, -0.25) is 4.79 Å². The van der Waals surface area contributed by atoms with E-state index in [0.717, 1.165) is 0 Å². The van der Waals surface area contributed by atoms with Gasteiger partial charge in [0.2, 0.25) is 5.91 Å². The van der Waals surface area contributed by atoms with Gasteiger partial charge in [-0.05, 0) is 18.2 Å². The van der Waals surface area contributed by atoms with Crippen molar-refractivity contribution < 1.29 is 18.7 Å². The molecule has 0 saturated carbocycles. The number of benzene rings is 2. The highest BCUT2D eigenvalue weighted by atomic mass is 35.5. The summed E-state index contributed by atoms with van der Waals surface area (Å²) in [6, 6.07) is 7.33. The van der Waals surface area contributed by atoms with Gasteiger partial charge in [0, 0.05) is 17.8 Å². The minimum atomic E-state index is -0.519. The zero-order chi connectivity index (χ0) is 17.1. The van der Waals surface area contributed by atoms with Crippen molar-refractivity contribution in [2.75, 3.05) is 30.4 Å². The number of nitrogens with one attached hydrogen (secondary N) is 2. The molecule has 2 aromatic rings. The molecule has 0 bridgehead atoms. The molecule has 2 N–H and O–H groups in total. The van der Waals surface area contributed by atoms with Crippen LogP contribution in [0.2, 0.25) is 10.0 Å². The predicted octanol–water partition coefficient (Wildman–Crippen LogP) is 3.95. The minimum Gasteiger partial charge on any atom is -0.486 e. The Morgan fingerprint density at radius 3 is 2.50 bits per heavy atom. The molecule has 1 amide bonds. The average molecular weight is 371 g/mol. The number of hydrogen-bond acceptors (Lipinski definition) is 4. The molecule has 2 aromatic carbocycles. The van der Waals surface area contributed by atoms with E-state index in [2.05, 4.69) is 10.6 Å². The van der Waals surface area contributed by atoms with E-state index in [4.69, 9.17) is 32.7 Å². The Bertz CT molecular complexity index is 786. The zero-order valence-corrected chi connectivity index (χ0v) is 13.9. The number of halogens is 3. The van der Waals surface area contributed by atoms with Crippen LogP contribution in [-0.4, -0.2) is 25.7 Å². The molecular formula is C16H13Cl2FN2O3. The van der Waals surface area contributed by atoms with Gasteiger partial charge in [-0.15, -0.1) is 0 Å². The van der Waals surface area contributed by atoms with Crippen molar-refractivity contribution in [2.45, 2.75) is 0 Å². The monoisotopic (exact) mass is 370 g/mol. The fourth-order valence-electron chi connectivity index (χ4n) is 2.14. The molecule has 0 fully saturated rings. The van der Waals surface area contributed by atoms with E-state index >= 15 is 0 Å². The van der Waals surface area contributed by atoms with Crippen LogP contribution in [0.25, 0.3) is 0 Å². The molecular weight excluding hydrogens is 358 g/mol. The van der Waals surface area contributed by atoms with Gasteiger partial charge < -0.3 is 20.1 Å². The lowest BCUT2D eigenvalue weighted by molar-refractivity contribution is -0.114. The topological polar surface area (TPSA) is 59.6 Å². The molecule has 3 rings (SSSR count). The number of amides is 1. The van der Waals surface area contributed by atoms with Crippen molar-refractivity contribution >= 4 is 40.5 Å². The summed E-state index contributed by atoms with van der Waals surface area (Å²) in [5, 5.41) is 5.86. The largest absolute Gasteiger partial charge is 0.486 e. The second-order valence-corrected chi connectivity index (χ2v) is 5.82. The van der Waals surface area contributed by atoms with Gasteiger partial charge >= 0.3 is 0 Å². The summed E-state index contributed by atoms with van der Waals surface area (Å²) in [6.45, 7) is 0.862. The fourth-order valence-corrected chi connectivity index (χ4v) is 2.52. The normalized spacial score (nSPS) is 12.6. The van der Waals surface area contributed by atoms with Gasteiger partial charge in [0.25, 0.3) is 0 Å². The van der Waals surface area contributed by atoms with Crippen LogP contribution in [0.5, 0.6) is 11.5 Å². The molecule has 126 valence electrons. The summed E-state index contributed by atoms with van der Waals surface area (Å²) in [7, 11) is 0. The van der Waals surface area contributed by atoms with Crippen molar-refractivity contribution in [1.82, 2.24) is 0 Å². The maximum Gasteiger partial charge on any atom is 0.243 e. The van der Waals surface area contributed by atoms with Gasteiger partial charge in [-0.2, -0.15) is 0 Å². The second-order valence-electron chi connectivity index (χ2n) is 5.01. The Kier molecular flexibility index (Phi) is 4.97. The van der Waals surface area contributed by atoms with E-state index in [1.54, 1.807) is 12.1 Å². The zero-order valence-electron chi connectivity index (χ0n) is 12.4. The van der Waals surface area contributed by atoms with E-state index < -0.39 is 5.82 Å². The number of fused-ring (bicyclic) bond motifs is 1. The molecule has 0 radical (unpaired) electrons. The van der Waals surface area contributed by atoms with Crippen LogP contribution in [0.1, 0.15) is 0 Å². The maximum atomic E-state index is 13.1. The Morgan fingerprint density at radius 1 is 1.08 bits per heavy atom. The molecule has 8 heteroatoms. The van der Waals surface area contributed by atoms with Gasteiger partial charge in [0.15, 0.2) is 11.5 Å². The molecule has 0 spiro atoms. The van der Waals surface area contributed by atoms with E-state index in [1.165, 1.54) is 18.2 Å². The van der Waals surface area contributed by atoms with E-state index in [1.807, 2.05) is 0 Å². The standard InChI is InChI=1S/C16H13Cl2FN2O3/c17-10-5-9(1-2-12(10)19)20-8-16(22)21-13-7-15-14(6-11(13)18)23-3-4-24-15/h1-2,5-7,20H,3-4,8H2,(H,21,22). The van der Waals surface area contributed by atoms with Crippen molar-refractivity contribution in [1.29, 1.82) is 0 Å². The van der Waals surface area contributed by atoms with Gasteiger partial charge in [-0.25, -0.2) is 4.39 Å². The molecule has 1 aliphatic rings. The van der Waals surface area contributed by atoms with Gasteiger partial charge in [0.1, 0.15) is 19.0 Å². The average Bonchev–Trinajstić information content (AvgIpc) is 2.56.